The minimum absolute atomic E-state index is 0.103. The zero-order valence-corrected chi connectivity index (χ0v) is 30.4. The Balaban J connectivity index is 1.36. The number of nitrogens with zero attached hydrogens (tertiary/aromatic N) is 2. The van der Waals surface area contributed by atoms with Gasteiger partial charge in [0.1, 0.15) is 17.4 Å². The zero-order chi connectivity index (χ0) is 37.8. The molecule has 0 saturated carbocycles. The van der Waals surface area contributed by atoms with Gasteiger partial charge in [-0.1, -0.05) is 6.07 Å². The normalized spacial score (nSPS) is 12.0. The number of carboxylic acid groups (broad SMARTS) is 1. The first-order chi connectivity index (χ1) is 24.8. The number of carboxylic acids is 1. The number of H-pyrrole nitrogens is 1. The minimum atomic E-state index is -4.39. The Morgan fingerprint density at radius 2 is 1.81 bits per heavy atom. The fourth-order valence-electron chi connectivity index (χ4n) is 5.54. The molecule has 0 aliphatic rings. The van der Waals surface area contributed by atoms with Crippen LogP contribution >= 0.6 is 0 Å². The summed E-state index contributed by atoms with van der Waals surface area (Å²) in [5.41, 5.74) is 1.26. The first kappa shape index (κ1) is 39.5. The number of imidazole rings is 1. The number of amides is 2. The molecule has 4 rings (SSSR count). The predicted molar refractivity (Wildman–Crippen MR) is 194 cm³/mol. The number of aliphatic carboxylic acids is 1. The SMILES string of the molecule is CCOCCCNC(=O)CCCOc1cc(C)c(S(=O)(=O)NC(CNC(=O)c2cn(C)c3cc(CNc4ncc[nH]4)ccc3c2=O)C(=O)O)c(C)c1. The Bertz CT molecular complexity index is 2020. The van der Waals surface area contributed by atoms with Crippen molar-refractivity contribution in [3.63, 3.8) is 0 Å². The molecule has 0 spiro atoms. The second-order valence-corrected chi connectivity index (χ2v) is 13.7. The highest BCUT2D eigenvalue weighted by Crippen LogP contribution is 2.26. The molecule has 0 aliphatic carbocycles. The van der Waals surface area contributed by atoms with Gasteiger partial charge in [-0.05, 0) is 74.6 Å². The van der Waals surface area contributed by atoms with E-state index in [2.05, 4.69) is 30.6 Å². The van der Waals surface area contributed by atoms with Gasteiger partial charge in [0, 0.05) is 70.3 Å². The van der Waals surface area contributed by atoms with Gasteiger partial charge in [0.05, 0.1) is 17.0 Å². The van der Waals surface area contributed by atoms with Crippen LogP contribution in [0.15, 0.2) is 58.6 Å². The van der Waals surface area contributed by atoms with Crippen molar-refractivity contribution in [2.45, 2.75) is 57.5 Å². The summed E-state index contributed by atoms with van der Waals surface area (Å²) in [5, 5.41) is 18.5. The Morgan fingerprint density at radius 1 is 1.06 bits per heavy atom. The van der Waals surface area contributed by atoms with E-state index in [1.54, 1.807) is 56.1 Å². The third kappa shape index (κ3) is 10.6. The van der Waals surface area contributed by atoms with E-state index in [1.807, 2.05) is 6.92 Å². The van der Waals surface area contributed by atoms with E-state index >= 15 is 0 Å². The highest BCUT2D eigenvalue weighted by Gasteiger charge is 2.29. The van der Waals surface area contributed by atoms with Crippen molar-refractivity contribution >= 4 is 44.7 Å². The molecule has 4 aromatic rings. The average Bonchev–Trinajstić information content (AvgIpc) is 3.62. The number of benzene rings is 2. The lowest BCUT2D eigenvalue weighted by atomic mass is 10.1. The number of ether oxygens (including phenoxy) is 2. The largest absolute Gasteiger partial charge is 0.494 e. The third-order valence-corrected chi connectivity index (χ3v) is 9.81. The molecule has 1 unspecified atom stereocenters. The second kappa shape index (κ2) is 18.3. The number of nitrogens with one attached hydrogen (secondary N) is 5. The highest BCUT2D eigenvalue weighted by molar-refractivity contribution is 7.89. The van der Waals surface area contributed by atoms with Crippen LogP contribution in [-0.2, 0) is 37.9 Å². The molecule has 52 heavy (non-hydrogen) atoms. The van der Waals surface area contributed by atoms with Gasteiger partial charge in [-0.2, -0.15) is 4.72 Å². The van der Waals surface area contributed by atoms with Gasteiger partial charge in [-0.25, -0.2) is 13.4 Å². The van der Waals surface area contributed by atoms with Crippen LogP contribution in [-0.4, -0.2) is 84.8 Å². The second-order valence-electron chi connectivity index (χ2n) is 12.1. The van der Waals surface area contributed by atoms with Gasteiger partial charge < -0.3 is 40.1 Å². The molecule has 0 fully saturated rings. The van der Waals surface area contributed by atoms with Gasteiger partial charge >= 0.3 is 5.97 Å². The van der Waals surface area contributed by atoms with Crippen molar-refractivity contribution in [2.75, 3.05) is 38.2 Å². The number of carbonyl (C=O) groups excluding carboxylic acids is 2. The molecule has 0 aliphatic heterocycles. The summed E-state index contributed by atoms with van der Waals surface area (Å²) in [7, 11) is -2.72. The number of anilines is 1. The molecule has 16 nitrogen and oxygen atoms in total. The van der Waals surface area contributed by atoms with Crippen LogP contribution in [0.5, 0.6) is 5.75 Å². The van der Waals surface area contributed by atoms with Crippen LogP contribution < -0.4 is 30.8 Å². The lowest BCUT2D eigenvalue weighted by Crippen LogP contribution is -2.49. The molecular weight excluding hydrogens is 694 g/mol. The van der Waals surface area contributed by atoms with Crippen molar-refractivity contribution in [1.29, 1.82) is 0 Å². The quantitative estimate of drug-likeness (QED) is 0.0722. The number of aryl methyl sites for hydroxylation is 3. The number of pyridine rings is 1. The van der Waals surface area contributed by atoms with Crippen molar-refractivity contribution in [1.82, 2.24) is 29.9 Å². The van der Waals surface area contributed by atoms with Gasteiger partial charge in [-0.3, -0.25) is 19.2 Å². The summed E-state index contributed by atoms with van der Waals surface area (Å²) in [6.45, 7) is 6.76. The van der Waals surface area contributed by atoms with Crippen LogP contribution in [0.4, 0.5) is 5.95 Å². The van der Waals surface area contributed by atoms with E-state index in [-0.39, 0.29) is 34.8 Å². The number of fused-ring (bicyclic) bond motifs is 1. The van der Waals surface area contributed by atoms with Gasteiger partial charge in [0.2, 0.25) is 21.4 Å². The summed E-state index contributed by atoms with van der Waals surface area (Å²) < 4.78 is 41.6. The summed E-state index contributed by atoms with van der Waals surface area (Å²) in [6, 6.07) is 6.44. The Labute approximate surface area is 301 Å². The number of aromatic amines is 1. The molecule has 1 atom stereocenters. The van der Waals surface area contributed by atoms with E-state index in [0.717, 1.165) is 12.0 Å². The number of sulfonamides is 1. The summed E-state index contributed by atoms with van der Waals surface area (Å²) in [6.07, 6.45) is 6.08. The van der Waals surface area contributed by atoms with E-state index in [1.165, 1.54) is 18.3 Å². The topological polar surface area (TPSA) is 223 Å². The molecular formula is C35H45N7O9S. The third-order valence-electron chi connectivity index (χ3n) is 8.03. The van der Waals surface area contributed by atoms with Crippen LogP contribution in [0.3, 0.4) is 0 Å². The summed E-state index contributed by atoms with van der Waals surface area (Å²) in [4.78, 5) is 57.5. The fraction of sp³-hybridized carbons (Fsp3) is 0.400. The lowest BCUT2D eigenvalue weighted by molar-refractivity contribution is -0.138. The molecule has 0 saturated heterocycles. The molecule has 2 heterocycles. The molecule has 6 N–H and O–H groups in total. The zero-order valence-electron chi connectivity index (χ0n) is 29.6. The maximum atomic E-state index is 13.4. The average molecular weight is 740 g/mol. The van der Waals surface area contributed by atoms with Gasteiger partial charge in [0.25, 0.3) is 5.91 Å². The Morgan fingerprint density at radius 3 is 2.48 bits per heavy atom. The molecule has 17 heteroatoms. The number of hydrogen-bond acceptors (Lipinski definition) is 10. The summed E-state index contributed by atoms with van der Waals surface area (Å²) in [5.74, 6) is -1.50. The molecule has 2 amide bonds. The Hall–Kier alpha value is -5.26. The highest BCUT2D eigenvalue weighted by atomic mass is 32.2. The van der Waals surface area contributed by atoms with E-state index in [0.29, 0.717) is 61.1 Å². The van der Waals surface area contributed by atoms with Crippen LogP contribution in [0.25, 0.3) is 10.9 Å². The molecule has 2 aromatic carbocycles. The van der Waals surface area contributed by atoms with Gasteiger partial charge in [-0.15, -0.1) is 0 Å². The number of aromatic nitrogens is 3. The van der Waals surface area contributed by atoms with Crippen LogP contribution in [0, 0.1) is 13.8 Å². The monoisotopic (exact) mass is 739 g/mol. The number of hydrogen-bond donors (Lipinski definition) is 6. The number of carbonyl (C=O) groups is 3. The Kier molecular flexibility index (Phi) is 13.9. The van der Waals surface area contributed by atoms with Crippen molar-refractivity contribution in [3.05, 3.63) is 81.4 Å². The predicted octanol–water partition coefficient (Wildman–Crippen LogP) is 2.35. The van der Waals surface area contributed by atoms with E-state index in [9.17, 15) is 32.7 Å². The maximum Gasteiger partial charge on any atom is 0.323 e. The van der Waals surface area contributed by atoms with Crippen molar-refractivity contribution in [3.8, 4) is 5.75 Å². The van der Waals surface area contributed by atoms with Crippen LogP contribution in [0.2, 0.25) is 0 Å². The van der Waals surface area contributed by atoms with Crippen molar-refractivity contribution in [2.24, 2.45) is 7.05 Å². The first-order valence-corrected chi connectivity index (χ1v) is 18.3. The fourth-order valence-corrected chi connectivity index (χ4v) is 7.18. The first-order valence-electron chi connectivity index (χ1n) is 16.8. The van der Waals surface area contributed by atoms with E-state index in [4.69, 9.17) is 9.47 Å². The molecule has 2 aromatic heterocycles. The standard InChI is InChI=1S/C35H45N7O9S/c1-5-50-14-7-11-36-30(43)8-6-15-51-25-16-22(2)32(23(3)17-25)52(48,49)41-28(34(46)47)20-39-33(45)27-21-42(4)29-18-24(9-10-26(29)31(27)44)19-40-35-37-12-13-38-35/h9-10,12-13,16-18,21,28,41H,5-8,11,14-15,19-20H2,1-4H3,(H,36,43)(H,39,45)(H,46,47)(H2,37,38,40). The summed E-state index contributed by atoms with van der Waals surface area (Å²) >= 11 is 0. The smallest absolute Gasteiger partial charge is 0.323 e. The van der Waals surface area contributed by atoms with Crippen LogP contribution in [0.1, 0.15) is 53.2 Å². The van der Waals surface area contributed by atoms with E-state index < -0.39 is 39.9 Å². The molecule has 280 valence electrons. The van der Waals surface area contributed by atoms with Crippen molar-refractivity contribution < 1.29 is 37.4 Å². The van der Waals surface area contributed by atoms with Gasteiger partial charge in [0.15, 0.2) is 5.95 Å². The minimum Gasteiger partial charge on any atom is -0.494 e. The number of rotatable bonds is 20. The lowest BCUT2D eigenvalue weighted by Gasteiger charge is -2.19. The molecule has 0 bridgehead atoms. The molecule has 0 radical (unpaired) electrons. The maximum absolute atomic E-state index is 13.4.